The van der Waals surface area contributed by atoms with E-state index in [2.05, 4.69) is 15.0 Å². The second-order valence-corrected chi connectivity index (χ2v) is 3.17. The van der Waals surface area contributed by atoms with Crippen LogP contribution in [-0.2, 0) is 6.54 Å². The molecule has 4 N–H and O–H groups in total. The summed E-state index contributed by atoms with van der Waals surface area (Å²) < 4.78 is 1.66. The third-order valence-corrected chi connectivity index (χ3v) is 2.02. The molecule has 0 aliphatic heterocycles. The van der Waals surface area contributed by atoms with Gasteiger partial charge in [-0.1, -0.05) is 0 Å². The van der Waals surface area contributed by atoms with Gasteiger partial charge in [-0.3, -0.25) is 0 Å². The Labute approximate surface area is 85.2 Å². The summed E-state index contributed by atoms with van der Waals surface area (Å²) in [5, 5.41) is 18.0. The first kappa shape index (κ1) is 9.81. The Kier molecular flexibility index (Phi) is 2.48. The quantitative estimate of drug-likeness (QED) is 0.583. The van der Waals surface area contributed by atoms with E-state index >= 15 is 0 Å². The molecule has 2 rings (SSSR count). The van der Waals surface area contributed by atoms with Crippen LogP contribution in [0.25, 0.3) is 11.2 Å². The van der Waals surface area contributed by atoms with Gasteiger partial charge in [-0.15, -0.1) is 0 Å². The van der Waals surface area contributed by atoms with Crippen LogP contribution in [0.5, 0.6) is 0 Å². The van der Waals surface area contributed by atoms with Gasteiger partial charge in [0.05, 0.1) is 31.8 Å². The number of anilines is 1. The highest BCUT2D eigenvalue weighted by Gasteiger charge is 2.08. The van der Waals surface area contributed by atoms with Gasteiger partial charge in [0.15, 0.2) is 5.65 Å². The SMILES string of the molecule is Nc1ncc2c(ncn2CC(O)CO)n1. The summed E-state index contributed by atoms with van der Waals surface area (Å²) in [6.07, 6.45) is 2.24. The Balaban J connectivity index is 2.36. The minimum absolute atomic E-state index is 0.162. The van der Waals surface area contributed by atoms with E-state index in [1.54, 1.807) is 4.57 Å². The molecule has 15 heavy (non-hydrogen) atoms. The van der Waals surface area contributed by atoms with Crippen LogP contribution in [0, 0.1) is 0 Å². The van der Waals surface area contributed by atoms with Crippen LogP contribution in [0.3, 0.4) is 0 Å². The van der Waals surface area contributed by atoms with Gasteiger partial charge >= 0.3 is 0 Å². The first-order chi connectivity index (χ1) is 7.20. The molecule has 0 radical (unpaired) electrons. The number of fused-ring (bicyclic) bond motifs is 1. The molecular formula is C8H11N5O2. The third-order valence-electron chi connectivity index (χ3n) is 2.02. The summed E-state index contributed by atoms with van der Waals surface area (Å²) >= 11 is 0. The molecule has 0 spiro atoms. The van der Waals surface area contributed by atoms with E-state index in [-0.39, 0.29) is 19.1 Å². The molecule has 2 aromatic heterocycles. The molecule has 7 nitrogen and oxygen atoms in total. The van der Waals surface area contributed by atoms with Crippen molar-refractivity contribution in [3.05, 3.63) is 12.5 Å². The van der Waals surface area contributed by atoms with Gasteiger partial charge in [-0.05, 0) is 0 Å². The summed E-state index contributed by atoms with van der Waals surface area (Å²) in [6, 6.07) is 0. The van der Waals surface area contributed by atoms with E-state index in [1.165, 1.54) is 12.5 Å². The standard InChI is InChI=1S/C8H11N5O2/c9-8-10-1-6-7(12-8)11-4-13(6)2-5(15)3-14/h1,4-5,14-15H,2-3H2,(H2,9,10,12). The molecule has 7 heteroatoms. The van der Waals surface area contributed by atoms with Gasteiger partial charge in [-0.2, -0.15) is 4.98 Å². The van der Waals surface area contributed by atoms with Gasteiger partial charge in [0, 0.05) is 0 Å². The van der Waals surface area contributed by atoms with Gasteiger partial charge in [0.25, 0.3) is 0 Å². The van der Waals surface area contributed by atoms with Crippen molar-refractivity contribution in [1.29, 1.82) is 0 Å². The number of aromatic nitrogens is 4. The molecule has 1 unspecified atom stereocenters. The highest BCUT2D eigenvalue weighted by Crippen LogP contribution is 2.10. The van der Waals surface area contributed by atoms with Crippen molar-refractivity contribution >= 4 is 17.1 Å². The molecule has 0 aliphatic carbocycles. The van der Waals surface area contributed by atoms with Crippen LogP contribution in [-0.4, -0.2) is 42.4 Å². The second-order valence-electron chi connectivity index (χ2n) is 3.17. The fourth-order valence-corrected chi connectivity index (χ4v) is 1.29. The summed E-state index contributed by atoms with van der Waals surface area (Å²) in [6.45, 7) is -0.0459. The molecule has 0 saturated heterocycles. The van der Waals surface area contributed by atoms with Gasteiger partial charge in [0.1, 0.15) is 5.52 Å². The lowest BCUT2D eigenvalue weighted by Crippen LogP contribution is -2.19. The number of hydrogen-bond donors (Lipinski definition) is 3. The third kappa shape index (κ3) is 1.88. The number of nitrogens with two attached hydrogens (primary N) is 1. The first-order valence-corrected chi connectivity index (χ1v) is 4.43. The lowest BCUT2D eigenvalue weighted by molar-refractivity contribution is 0.0821. The Morgan fingerprint density at radius 3 is 3.00 bits per heavy atom. The fourth-order valence-electron chi connectivity index (χ4n) is 1.29. The summed E-state index contributed by atoms with van der Waals surface area (Å²) in [5.74, 6) is 0.162. The lowest BCUT2D eigenvalue weighted by atomic mass is 10.3. The molecule has 1 atom stereocenters. The normalized spacial score (nSPS) is 13.2. The largest absolute Gasteiger partial charge is 0.394 e. The van der Waals surface area contributed by atoms with Crippen LogP contribution in [0.4, 0.5) is 5.95 Å². The number of aliphatic hydroxyl groups excluding tert-OH is 2. The summed E-state index contributed by atoms with van der Waals surface area (Å²) in [7, 11) is 0. The van der Waals surface area contributed by atoms with Gasteiger partial charge in [0.2, 0.25) is 5.95 Å². The molecule has 0 bridgehead atoms. The number of hydrogen-bond acceptors (Lipinski definition) is 6. The van der Waals surface area contributed by atoms with Crippen molar-refractivity contribution in [2.24, 2.45) is 0 Å². The maximum Gasteiger partial charge on any atom is 0.222 e. The Morgan fingerprint density at radius 1 is 1.47 bits per heavy atom. The maximum absolute atomic E-state index is 9.28. The minimum Gasteiger partial charge on any atom is -0.394 e. The van der Waals surface area contributed by atoms with Crippen molar-refractivity contribution < 1.29 is 10.2 Å². The summed E-state index contributed by atoms with van der Waals surface area (Å²) in [4.78, 5) is 11.8. The first-order valence-electron chi connectivity index (χ1n) is 4.43. The Morgan fingerprint density at radius 2 is 2.27 bits per heavy atom. The van der Waals surface area contributed by atoms with Crippen molar-refractivity contribution in [2.75, 3.05) is 12.3 Å². The number of nitrogens with zero attached hydrogens (tertiary/aromatic N) is 4. The molecule has 0 aliphatic rings. The van der Waals surface area contributed by atoms with Crippen LogP contribution in [0.1, 0.15) is 0 Å². The number of rotatable bonds is 3. The van der Waals surface area contributed by atoms with E-state index in [1.807, 2.05) is 0 Å². The van der Waals surface area contributed by atoms with E-state index < -0.39 is 6.10 Å². The smallest absolute Gasteiger partial charge is 0.222 e. The van der Waals surface area contributed by atoms with E-state index in [0.29, 0.717) is 11.2 Å². The van der Waals surface area contributed by atoms with E-state index in [9.17, 15) is 5.11 Å². The fraction of sp³-hybridized carbons (Fsp3) is 0.375. The molecule has 0 amide bonds. The second kappa shape index (κ2) is 3.79. The van der Waals surface area contributed by atoms with E-state index in [4.69, 9.17) is 10.8 Å². The van der Waals surface area contributed by atoms with Crippen molar-refractivity contribution in [3.63, 3.8) is 0 Å². The zero-order valence-electron chi connectivity index (χ0n) is 7.91. The average Bonchev–Trinajstić information content (AvgIpc) is 2.60. The molecule has 0 saturated carbocycles. The van der Waals surface area contributed by atoms with Crippen LogP contribution >= 0.6 is 0 Å². The molecule has 0 fully saturated rings. The van der Waals surface area contributed by atoms with Crippen molar-refractivity contribution in [3.8, 4) is 0 Å². The average molecular weight is 209 g/mol. The zero-order chi connectivity index (χ0) is 10.8. The predicted molar refractivity (Wildman–Crippen MR) is 52.8 cm³/mol. The lowest BCUT2D eigenvalue weighted by Gasteiger charge is -2.08. The van der Waals surface area contributed by atoms with Crippen LogP contribution < -0.4 is 5.73 Å². The number of aliphatic hydroxyl groups is 2. The maximum atomic E-state index is 9.28. The summed E-state index contributed by atoms with van der Waals surface area (Å²) in [5.41, 5.74) is 6.56. The Bertz CT molecular complexity index is 469. The van der Waals surface area contributed by atoms with Gasteiger partial charge < -0.3 is 20.5 Å². The topological polar surface area (TPSA) is 110 Å². The zero-order valence-corrected chi connectivity index (χ0v) is 7.91. The van der Waals surface area contributed by atoms with Crippen LogP contribution in [0.2, 0.25) is 0 Å². The molecule has 2 heterocycles. The molecule has 2 aromatic rings. The molecule has 80 valence electrons. The van der Waals surface area contributed by atoms with Crippen molar-refractivity contribution in [1.82, 2.24) is 19.5 Å². The van der Waals surface area contributed by atoms with E-state index in [0.717, 1.165) is 0 Å². The monoisotopic (exact) mass is 209 g/mol. The predicted octanol–water partition coefficient (Wildman–Crippen LogP) is -1.24. The number of nitrogen functional groups attached to an aromatic ring is 1. The molecular weight excluding hydrogens is 198 g/mol. The highest BCUT2D eigenvalue weighted by atomic mass is 16.3. The van der Waals surface area contributed by atoms with Crippen molar-refractivity contribution in [2.45, 2.75) is 12.6 Å². The Hall–Kier alpha value is -1.73. The molecule has 0 aromatic carbocycles. The minimum atomic E-state index is -0.819. The highest BCUT2D eigenvalue weighted by molar-refractivity contribution is 5.70. The van der Waals surface area contributed by atoms with Crippen LogP contribution in [0.15, 0.2) is 12.5 Å². The number of imidazole rings is 1. The van der Waals surface area contributed by atoms with Gasteiger partial charge in [-0.25, -0.2) is 9.97 Å².